The summed E-state index contributed by atoms with van der Waals surface area (Å²) in [5, 5.41) is 6.44. The van der Waals surface area contributed by atoms with E-state index in [9.17, 15) is 4.39 Å². The highest BCUT2D eigenvalue weighted by Crippen LogP contribution is 2.06. The molecule has 0 bridgehead atoms. The van der Waals surface area contributed by atoms with E-state index >= 15 is 0 Å². The van der Waals surface area contributed by atoms with Crippen LogP contribution in [0.2, 0.25) is 0 Å². The molecule has 0 aliphatic carbocycles. The molecule has 1 rings (SSSR count). The first-order valence-electron chi connectivity index (χ1n) is 6.81. The fourth-order valence-electron chi connectivity index (χ4n) is 1.72. The van der Waals surface area contributed by atoms with Crippen LogP contribution in [0.15, 0.2) is 29.3 Å². The molecule has 1 aromatic rings. The van der Waals surface area contributed by atoms with E-state index in [2.05, 4.69) is 29.5 Å². The van der Waals surface area contributed by atoms with Gasteiger partial charge in [0, 0.05) is 20.1 Å². The number of guanidine groups is 1. The normalized spacial score (nSPS) is 11.2. The molecule has 0 fully saturated rings. The van der Waals surface area contributed by atoms with Gasteiger partial charge in [0.25, 0.3) is 0 Å². The highest BCUT2D eigenvalue weighted by molar-refractivity contribution is 14.0. The van der Waals surface area contributed by atoms with Crippen molar-refractivity contribution in [2.75, 3.05) is 20.1 Å². The molecular weight excluding hydrogens is 368 g/mol. The lowest BCUT2D eigenvalue weighted by molar-refractivity contribution is 0.573. The van der Waals surface area contributed by atoms with Crippen LogP contribution < -0.4 is 10.6 Å². The maximum absolute atomic E-state index is 13.4. The second-order valence-corrected chi connectivity index (χ2v) is 4.95. The van der Waals surface area contributed by atoms with Crippen LogP contribution in [0.3, 0.4) is 0 Å². The van der Waals surface area contributed by atoms with Gasteiger partial charge in [0.2, 0.25) is 0 Å². The van der Waals surface area contributed by atoms with E-state index in [1.165, 1.54) is 6.07 Å². The molecule has 5 heteroatoms. The van der Waals surface area contributed by atoms with E-state index in [1.54, 1.807) is 13.1 Å². The summed E-state index contributed by atoms with van der Waals surface area (Å²) in [6, 6.07) is 6.86. The number of benzene rings is 1. The third-order valence-corrected chi connectivity index (χ3v) is 2.88. The van der Waals surface area contributed by atoms with Gasteiger partial charge in [0.15, 0.2) is 5.96 Å². The summed E-state index contributed by atoms with van der Waals surface area (Å²) in [4.78, 5) is 4.14. The van der Waals surface area contributed by atoms with Crippen LogP contribution in [0.25, 0.3) is 0 Å². The summed E-state index contributed by atoms with van der Waals surface area (Å²) in [6.07, 6.45) is 1.76. The van der Waals surface area contributed by atoms with Gasteiger partial charge in [0.05, 0.1) is 0 Å². The number of hydrogen-bond acceptors (Lipinski definition) is 1. The second-order valence-electron chi connectivity index (χ2n) is 4.95. The molecule has 0 unspecified atom stereocenters. The van der Waals surface area contributed by atoms with Gasteiger partial charge in [-0.2, -0.15) is 0 Å². The highest BCUT2D eigenvalue weighted by Gasteiger charge is 2.02. The molecule has 0 saturated heterocycles. The van der Waals surface area contributed by atoms with Crippen molar-refractivity contribution in [2.45, 2.75) is 26.7 Å². The summed E-state index contributed by atoms with van der Waals surface area (Å²) in [6.45, 7) is 5.95. The van der Waals surface area contributed by atoms with Crippen molar-refractivity contribution in [3.05, 3.63) is 35.6 Å². The summed E-state index contributed by atoms with van der Waals surface area (Å²) in [5.41, 5.74) is 0.729. The van der Waals surface area contributed by atoms with E-state index in [4.69, 9.17) is 0 Å². The van der Waals surface area contributed by atoms with Crippen LogP contribution in [0.4, 0.5) is 4.39 Å². The Labute approximate surface area is 138 Å². The average molecular weight is 393 g/mol. The lowest BCUT2D eigenvalue weighted by atomic mass is 10.1. The SMILES string of the molecule is CN=C(NCCc1ccccc1F)NCCC(C)C.I. The lowest BCUT2D eigenvalue weighted by Gasteiger charge is -2.13. The highest BCUT2D eigenvalue weighted by atomic mass is 127. The summed E-state index contributed by atoms with van der Waals surface area (Å²) in [7, 11) is 1.74. The van der Waals surface area contributed by atoms with Crippen LogP contribution in [0.5, 0.6) is 0 Å². The Kier molecular flexibility index (Phi) is 10.4. The van der Waals surface area contributed by atoms with E-state index in [0.717, 1.165) is 24.5 Å². The molecule has 0 atom stereocenters. The van der Waals surface area contributed by atoms with Crippen molar-refractivity contribution in [3.63, 3.8) is 0 Å². The van der Waals surface area contributed by atoms with Gasteiger partial charge >= 0.3 is 0 Å². The summed E-state index contributed by atoms with van der Waals surface area (Å²) in [5.74, 6) is 1.30. The first-order chi connectivity index (χ1) is 9.13. The summed E-state index contributed by atoms with van der Waals surface area (Å²) < 4.78 is 13.4. The van der Waals surface area contributed by atoms with Crippen molar-refractivity contribution in [1.29, 1.82) is 0 Å². The quantitative estimate of drug-likeness (QED) is 0.443. The van der Waals surface area contributed by atoms with Gasteiger partial charge in [-0.05, 0) is 30.4 Å². The molecule has 0 aromatic heterocycles. The standard InChI is InChI=1S/C15H24FN3.HI/c1-12(2)8-10-18-15(17-3)19-11-9-13-6-4-5-7-14(13)16;/h4-7,12H,8-11H2,1-3H3,(H2,17,18,19);1H. The molecule has 0 radical (unpaired) electrons. The molecular formula is C15H25FIN3. The van der Waals surface area contributed by atoms with Gasteiger partial charge in [-0.1, -0.05) is 32.0 Å². The Balaban J connectivity index is 0.00000361. The number of aliphatic imine (C=N–C) groups is 1. The van der Waals surface area contributed by atoms with E-state index in [-0.39, 0.29) is 29.8 Å². The minimum absolute atomic E-state index is 0. The Morgan fingerprint density at radius 1 is 1.20 bits per heavy atom. The first kappa shape index (κ1) is 19.1. The number of hydrogen-bond donors (Lipinski definition) is 2. The van der Waals surface area contributed by atoms with Crippen molar-refractivity contribution < 1.29 is 4.39 Å². The molecule has 0 amide bonds. The van der Waals surface area contributed by atoms with Gasteiger partial charge in [-0.15, -0.1) is 24.0 Å². The number of halogens is 2. The number of nitrogens with one attached hydrogen (secondary N) is 2. The van der Waals surface area contributed by atoms with Gasteiger partial charge < -0.3 is 10.6 Å². The molecule has 114 valence electrons. The second kappa shape index (κ2) is 10.9. The molecule has 0 aliphatic rings. The fraction of sp³-hybridized carbons (Fsp3) is 0.533. The van der Waals surface area contributed by atoms with Crippen molar-refractivity contribution >= 4 is 29.9 Å². The molecule has 2 N–H and O–H groups in total. The fourth-order valence-corrected chi connectivity index (χ4v) is 1.72. The predicted octanol–water partition coefficient (Wildman–Crippen LogP) is 3.20. The van der Waals surface area contributed by atoms with Gasteiger partial charge in [0.1, 0.15) is 5.82 Å². The van der Waals surface area contributed by atoms with Crippen molar-refractivity contribution in [2.24, 2.45) is 10.9 Å². The Morgan fingerprint density at radius 2 is 1.85 bits per heavy atom. The van der Waals surface area contributed by atoms with Crippen LogP contribution in [0, 0.1) is 11.7 Å². The molecule has 1 aromatic carbocycles. The molecule has 0 aliphatic heterocycles. The van der Waals surface area contributed by atoms with Crippen LogP contribution >= 0.6 is 24.0 Å². The largest absolute Gasteiger partial charge is 0.356 e. The molecule has 0 heterocycles. The summed E-state index contributed by atoms with van der Waals surface area (Å²) >= 11 is 0. The Hall–Kier alpha value is -0.850. The number of rotatable bonds is 6. The van der Waals surface area contributed by atoms with E-state index < -0.39 is 0 Å². The van der Waals surface area contributed by atoms with Crippen LogP contribution in [0.1, 0.15) is 25.8 Å². The van der Waals surface area contributed by atoms with E-state index in [1.807, 2.05) is 12.1 Å². The van der Waals surface area contributed by atoms with Gasteiger partial charge in [-0.25, -0.2) is 4.39 Å². The molecule has 0 spiro atoms. The molecule has 0 saturated carbocycles. The zero-order valence-electron chi connectivity index (χ0n) is 12.4. The van der Waals surface area contributed by atoms with Crippen molar-refractivity contribution in [3.8, 4) is 0 Å². The van der Waals surface area contributed by atoms with Crippen molar-refractivity contribution in [1.82, 2.24) is 10.6 Å². The van der Waals surface area contributed by atoms with Crippen LogP contribution in [-0.4, -0.2) is 26.1 Å². The zero-order chi connectivity index (χ0) is 14.1. The average Bonchev–Trinajstić information content (AvgIpc) is 2.38. The third-order valence-electron chi connectivity index (χ3n) is 2.88. The lowest BCUT2D eigenvalue weighted by Crippen LogP contribution is -2.39. The minimum atomic E-state index is -0.146. The predicted molar refractivity (Wildman–Crippen MR) is 94.3 cm³/mol. The molecule has 3 nitrogen and oxygen atoms in total. The molecule has 20 heavy (non-hydrogen) atoms. The first-order valence-corrected chi connectivity index (χ1v) is 6.81. The Bertz CT molecular complexity index is 408. The topological polar surface area (TPSA) is 36.4 Å². The zero-order valence-corrected chi connectivity index (χ0v) is 14.8. The minimum Gasteiger partial charge on any atom is -0.356 e. The maximum Gasteiger partial charge on any atom is 0.190 e. The Morgan fingerprint density at radius 3 is 2.45 bits per heavy atom. The van der Waals surface area contributed by atoms with E-state index in [0.29, 0.717) is 18.9 Å². The monoisotopic (exact) mass is 393 g/mol. The van der Waals surface area contributed by atoms with Crippen LogP contribution in [-0.2, 0) is 6.42 Å². The third kappa shape index (κ3) is 7.67. The smallest absolute Gasteiger partial charge is 0.190 e. The van der Waals surface area contributed by atoms with Gasteiger partial charge in [-0.3, -0.25) is 4.99 Å². The number of nitrogens with zero attached hydrogens (tertiary/aromatic N) is 1. The maximum atomic E-state index is 13.4.